The molecule has 1 aromatic carbocycles. The Labute approximate surface area is 104 Å². The summed E-state index contributed by atoms with van der Waals surface area (Å²) in [6.07, 6.45) is 3.12. The molecule has 0 aliphatic carbocycles. The van der Waals surface area contributed by atoms with Crippen LogP contribution in [0.5, 0.6) is 5.75 Å². The first kappa shape index (κ1) is 12.4. The van der Waals surface area contributed by atoms with Gasteiger partial charge in [-0.3, -0.25) is 0 Å². The summed E-state index contributed by atoms with van der Waals surface area (Å²) in [4.78, 5) is 0. The minimum absolute atomic E-state index is 0.0500. The molecule has 1 saturated heterocycles. The molecule has 0 saturated carbocycles. The number of hydrogen-bond acceptors (Lipinski definition) is 2. The van der Waals surface area contributed by atoms with Crippen LogP contribution in [0.2, 0.25) is 0 Å². The lowest BCUT2D eigenvalue weighted by Crippen LogP contribution is -2.40. The fraction of sp³-hybridized carbons (Fsp3) is 0.600. The van der Waals surface area contributed by atoms with E-state index in [1.807, 2.05) is 13.8 Å². The van der Waals surface area contributed by atoms with Gasteiger partial charge in [0.25, 0.3) is 0 Å². The number of hydrogen-bond donors (Lipinski definition) is 0. The maximum Gasteiger partial charge on any atom is 0.123 e. The van der Waals surface area contributed by atoms with Crippen molar-refractivity contribution in [1.82, 2.24) is 0 Å². The van der Waals surface area contributed by atoms with Gasteiger partial charge in [-0.05, 0) is 18.6 Å². The van der Waals surface area contributed by atoms with Crippen LogP contribution < -0.4 is 4.74 Å². The van der Waals surface area contributed by atoms with Crippen molar-refractivity contribution in [3.8, 4) is 5.75 Å². The molecule has 94 valence electrons. The van der Waals surface area contributed by atoms with Gasteiger partial charge >= 0.3 is 0 Å². The highest BCUT2D eigenvalue weighted by molar-refractivity contribution is 5.42. The normalized spacial score (nSPS) is 20.2. The number of rotatable bonds is 0. The van der Waals surface area contributed by atoms with E-state index in [0.29, 0.717) is 0 Å². The topological polar surface area (TPSA) is 18.5 Å². The Morgan fingerprint density at radius 3 is 2.53 bits per heavy atom. The molecule has 2 aliphatic rings. The molecule has 0 amide bonds. The summed E-state index contributed by atoms with van der Waals surface area (Å²) in [7, 11) is 0. The quantitative estimate of drug-likeness (QED) is 0.684. The van der Waals surface area contributed by atoms with E-state index in [1.54, 1.807) is 0 Å². The lowest BCUT2D eigenvalue weighted by atomic mass is 9.89. The third-order valence-electron chi connectivity index (χ3n) is 3.46. The van der Waals surface area contributed by atoms with Gasteiger partial charge in [0.1, 0.15) is 11.4 Å². The first-order valence-corrected chi connectivity index (χ1v) is 6.64. The standard InChI is InChI=1S/C13H16O2.C2H6/c1-10-2-3-12-11(8-10)9-13(15-12)4-6-14-7-5-13;1-2/h2-3,8H,4-7,9H2,1H3;1-2H3. The van der Waals surface area contributed by atoms with Gasteiger partial charge in [-0.25, -0.2) is 0 Å². The number of aryl methyl sites for hydroxylation is 1. The second-order valence-corrected chi connectivity index (χ2v) is 4.69. The third-order valence-corrected chi connectivity index (χ3v) is 3.46. The second-order valence-electron chi connectivity index (χ2n) is 4.69. The summed E-state index contributed by atoms with van der Waals surface area (Å²) in [6, 6.07) is 6.48. The van der Waals surface area contributed by atoms with E-state index in [1.165, 1.54) is 11.1 Å². The van der Waals surface area contributed by atoms with Gasteiger partial charge in [0.15, 0.2) is 0 Å². The molecule has 0 atom stereocenters. The Morgan fingerprint density at radius 1 is 1.12 bits per heavy atom. The van der Waals surface area contributed by atoms with E-state index in [9.17, 15) is 0 Å². The molecule has 2 nitrogen and oxygen atoms in total. The highest BCUT2D eigenvalue weighted by atomic mass is 16.5. The fourth-order valence-corrected chi connectivity index (χ4v) is 2.58. The minimum atomic E-state index is 0.0500. The van der Waals surface area contributed by atoms with Gasteiger partial charge in [-0.2, -0.15) is 0 Å². The lowest BCUT2D eigenvalue weighted by molar-refractivity contribution is -0.0330. The molecule has 17 heavy (non-hydrogen) atoms. The molecular weight excluding hydrogens is 212 g/mol. The first-order valence-electron chi connectivity index (χ1n) is 6.64. The zero-order chi connectivity index (χ0) is 12.3. The van der Waals surface area contributed by atoms with E-state index in [4.69, 9.17) is 9.47 Å². The Kier molecular flexibility index (Phi) is 3.72. The smallest absolute Gasteiger partial charge is 0.123 e. The van der Waals surface area contributed by atoms with Crippen LogP contribution in [-0.4, -0.2) is 18.8 Å². The zero-order valence-electron chi connectivity index (χ0n) is 11.1. The first-order chi connectivity index (χ1) is 8.27. The van der Waals surface area contributed by atoms with E-state index in [-0.39, 0.29) is 5.60 Å². The molecule has 1 spiro atoms. The van der Waals surface area contributed by atoms with Crippen molar-refractivity contribution in [2.75, 3.05) is 13.2 Å². The Bertz CT molecular complexity index is 379. The van der Waals surface area contributed by atoms with Gasteiger partial charge in [-0.1, -0.05) is 31.5 Å². The maximum absolute atomic E-state index is 6.11. The van der Waals surface area contributed by atoms with Crippen molar-refractivity contribution in [1.29, 1.82) is 0 Å². The number of benzene rings is 1. The second kappa shape index (κ2) is 5.09. The molecule has 2 heteroatoms. The van der Waals surface area contributed by atoms with Crippen LogP contribution in [0.1, 0.15) is 37.8 Å². The third kappa shape index (κ3) is 2.47. The zero-order valence-corrected chi connectivity index (χ0v) is 11.1. The Morgan fingerprint density at radius 2 is 1.82 bits per heavy atom. The van der Waals surface area contributed by atoms with Crippen LogP contribution in [0.4, 0.5) is 0 Å². The fourth-order valence-electron chi connectivity index (χ4n) is 2.58. The van der Waals surface area contributed by atoms with Gasteiger partial charge in [0.05, 0.1) is 13.2 Å². The summed E-state index contributed by atoms with van der Waals surface area (Å²) >= 11 is 0. The molecule has 0 bridgehead atoms. The van der Waals surface area contributed by atoms with E-state index in [0.717, 1.165) is 38.2 Å². The molecule has 0 aromatic heterocycles. The summed E-state index contributed by atoms with van der Waals surface area (Å²) < 4.78 is 11.5. The number of ether oxygens (including phenoxy) is 2. The van der Waals surface area contributed by atoms with Crippen LogP contribution in [-0.2, 0) is 11.2 Å². The molecule has 1 fully saturated rings. The van der Waals surface area contributed by atoms with E-state index >= 15 is 0 Å². The van der Waals surface area contributed by atoms with Crippen molar-refractivity contribution in [3.05, 3.63) is 29.3 Å². The van der Waals surface area contributed by atoms with Crippen molar-refractivity contribution in [2.24, 2.45) is 0 Å². The predicted molar refractivity (Wildman–Crippen MR) is 69.6 cm³/mol. The summed E-state index contributed by atoms with van der Waals surface area (Å²) in [5.41, 5.74) is 2.74. The monoisotopic (exact) mass is 234 g/mol. The highest BCUT2D eigenvalue weighted by Crippen LogP contribution is 2.40. The van der Waals surface area contributed by atoms with Crippen molar-refractivity contribution >= 4 is 0 Å². The van der Waals surface area contributed by atoms with Crippen LogP contribution >= 0.6 is 0 Å². The van der Waals surface area contributed by atoms with E-state index in [2.05, 4.69) is 25.1 Å². The van der Waals surface area contributed by atoms with Crippen LogP contribution in [0, 0.1) is 6.92 Å². The van der Waals surface area contributed by atoms with Crippen molar-refractivity contribution < 1.29 is 9.47 Å². The average Bonchev–Trinajstić information content (AvgIpc) is 2.69. The summed E-state index contributed by atoms with van der Waals surface area (Å²) in [5, 5.41) is 0. The van der Waals surface area contributed by atoms with Gasteiger partial charge in [-0.15, -0.1) is 0 Å². The SMILES string of the molecule is CC.Cc1ccc2c(c1)CC1(CCOCC1)O2. The summed E-state index contributed by atoms with van der Waals surface area (Å²) in [6.45, 7) is 7.81. The highest BCUT2D eigenvalue weighted by Gasteiger charge is 2.40. The van der Waals surface area contributed by atoms with Gasteiger partial charge in [0, 0.05) is 19.3 Å². The van der Waals surface area contributed by atoms with Crippen LogP contribution in [0.3, 0.4) is 0 Å². The molecule has 2 heterocycles. The van der Waals surface area contributed by atoms with Crippen LogP contribution in [0.25, 0.3) is 0 Å². The van der Waals surface area contributed by atoms with E-state index < -0.39 is 0 Å². The number of fused-ring (bicyclic) bond motifs is 1. The predicted octanol–water partition coefficient (Wildman–Crippen LogP) is 3.51. The molecule has 3 rings (SSSR count). The maximum atomic E-state index is 6.11. The molecule has 0 unspecified atom stereocenters. The Balaban J connectivity index is 0.000000514. The lowest BCUT2D eigenvalue weighted by Gasteiger charge is -2.32. The minimum Gasteiger partial charge on any atom is -0.486 e. The van der Waals surface area contributed by atoms with Crippen molar-refractivity contribution in [2.45, 2.75) is 45.6 Å². The van der Waals surface area contributed by atoms with Crippen molar-refractivity contribution in [3.63, 3.8) is 0 Å². The molecular formula is C15H22O2. The molecule has 0 radical (unpaired) electrons. The van der Waals surface area contributed by atoms with Gasteiger partial charge < -0.3 is 9.47 Å². The van der Waals surface area contributed by atoms with Crippen LogP contribution in [0.15, 0.2) is 18.2 Å². The molecule has 2 aliphatic heterocycles. The Hall–Kier alpha value is -1.02. The largest absolute Gasteiger partial charge is 0.486 e. The average molecular weight is 234 g/mol. The molecule has 1 aromatic rings. The summed E-state index contributed by atoms with van der Waals surface area (Å²) in [5.74, 6) is 1.09. The van der Waals surface area contributed by atoms with Gasteiger partial charge in [0.2, 0.25) is 0 Å². The molecule has 0 N–H and O–H groups in total.